The van der Waals surface area contributed by atoms with Crippen LogP contribution in [0.5, 0.6) is 0 Å². The minimum Gasteiger partial charge on any atom is -0.363 e. The third kappa shape index (κ3) is 5.32. The molecule has 1 atom stereocenters. The first-order chi connectivity index (χ1) is 15.7. The second-order valence-electron chi connectivity index (χ2n) is 8.14. The molecule has 0 saturated carbocycles. The minimum absolute atomic E-state index is 0.0332. The summed E-state index contributed by atoms with van der Waals surface area (Å²) >= 11 is 6.28. The summed E-state index contributed by atoms with van der Waals surface area (Å²) in [6, 6.07) is 12.5. The fourth-order valence-corrected chi connectivity index (χ4v) is 4.46. The monoisotopic (exact) mass is 474 g/mol. The van der Waals surface area contributed by atoms with Crippen molar-refractivity contribution in [3.63, 3.8) is 0 Å². The first kappa shape index (κ1) is 23.1. The molecule has 172 valence electrons. The summed E-state index contributed by atoms with van der Waals surface area (Å²) < 4.78 is 46.1. The van der Waals surface area contributed by atoms with Gasteiger partial charge in [0.1, 0.15) is 5.76 Å². The lowest BCUT2D eigenvalue weighted by atomic mass is 10.0. The van der Waals surface area contributed by atoms with Crippen molar-refractivity contribution in [2.45, 2.75) is 38.7 Å². The Morgan fingerprint density at radius 2 is 2.03 bits per heavy atom. The molecule has 0 radical (unpaired) electrons. The van der Waals surface area contributed by atoms with Crippen LogP contribution in [0, 0.1) is 13.5 Å². The van der Waals surface area contributed by atoms with Gasteiger partial charge in [0.2, 0.25) is 5.69 Å². The van der Waals surface area contributed by atoms with Crippen molar-refractivity contribution in [2.75, 3.05) is 18.0 Å². The van der Waals surface area contributed by atoms with E-state index in [0.717, 1.165) is 30.5 Å². The molecule has 0 N–H and O–H groups in total. The van der Waals surface area contributed by atoms with Crippen molar-refractivity contribution in [3.8, 4) is 0 Å². The molecule has 1 aromatic heterocycles. The molecule has 1 aliphatic heterocycles. The van der Waals surface area contributed by atoms with Gasteiger partial charge in [-0.1, -0.05) is 41.0 Å². The van der Waals surface area contributed by atoms with Crippen molar-refractivity contribution >= 4 is 23.0 Å². The smallest absolute Gasteiger partial charge is 0.363 e. The van der Waals surface area contributed by atoms with Gasteiger partial charge in [-0.2, -0.15) is 13.2 Å². The molecule has 0 amide bonds. The molecule has 3 aromatic rings. The lowest BCUT2D eigenvalue weighted by molar-refractivity contribution is -0.138. The normalized spacial score (nSPS) is 16.7. The van der Waals surface area contributed by atoms with Crippen LogP contribution in [0.2, 0.25) is 5.02 Å². The van der Waals surface area contributed by atoms with E-state index in [4.69, 9.17) is 22.7 Å². The van der Waals surface area contributed by atoms with Crippen molar-refractivity contribution in [2.24, 2.45) is 0 Å². The molecular weight excluding hydrogens is 453 g/mol. The van der Waals surface area contributed by atoms with Gasteiger partial charge in [0.15, 0.2) is 0 Å². The van der Waals surface area contributed by atoms with E-state index in [1.165, 1.54) is 12.1 Å². The number of rotatable bonds is 6. The van der Waals surface area contributed by atoms with E-state index < -0.39 is 11.7 Å². The highest BCUT2D eigenvalue weighted by atomic mass is 35.5. The Kier molecular flexibility index (Phi) is 6.63. The topological polar surface area (TPSA) is 36.9 Å². The Bertz CT molecular complexity index is 1170. The van der Waals surface area contributed by atoms with Gasteiger partial charge in [0.05, 0.1) is 17.8 Å². The van der Waals surface area contributed by atoms with Crippen LogP contribution in [0.4, 0.5) is 24.5 Å². The van der Waals surface area contributed by atoms with Gasteiger partial charge >= 0.3 is 6.18 Å². The molecule has 33 heavy (non-hydrogen) atoms. The molecular formula is C24H22ClF3N4O. The highest BCUT2D eigenvalue weighted by molar-refractivity contribution is 6.33. The van der Waals surface area contributed by atoms with E-state index in [2.05, 4.69) is 14.9 Å². The Morgan fingerprint density at radius 1 is 1.24 bits per heavy atom. The highest BCUT2D eigenvalue weighted by Gasteiger charge is 2.35. The third-order valence-electron chi connectivity index (χ3n) is 5.80. The number of likely N-dealkylation sites (tertiary alicyclic amines) is 1. The summed E-state index contributed by atoms with van der Waals surface area (Å²) in [5.41, 5.74) is 1.37. The van der Waals surface area contributed by atoms with Crippen LogP contribution in [-0.4, -0.2) is 29.2 Å². The van der Waals surface area contributed by atoms with Crippen molar-refractivity contribution < 1.29 is 17.7 Å². The lowest BCUT2D eigenvalue weighted by Gasteiger charge is -2.32. The van der Waals surface area contributed by atoms with E-state index in [0.29, 0.717) is 24.5 Å². The van der Waals surface area contributed by atoms with Gasteiger partial charge in [-0.15, -0.1) is 0 Å². The molecule has 1 saturated heterocycles. The van der Waals surface area contributed by atoms with E-state index in [1.807, 2.05) is 17.9 Å². The van der Waals surface area contributed by atoms with E-state index in [9.17, 15) is 13.2 Å². The maximum atomic E-state index is 13.7. The van der Waals surface area contributed by atoms with E-state index >= 15 is 0 Å². The maximum Gasteiger partial charge on any atom is 0.416 e. The molecule has 0 bridgehead atoms. The Hall–Kier alpha value is -3.02. The zero-order valence-electron chi connectivity index (χ0n) is 17.9. The van der Waals surface area contributed by atoms with E-state index in [1.54, 1.807) is 24.3 Å². The first-order valence-electron chi connectivity index (χ1n) is 10.5. The second kappa shape index (κ2) is 9.46. The maximum absolute atomic E-state index is 13.7. The number of anilines is 1. The third-order valence-corrected chi connectivity index (χ3v) is 6.10. The van der Waals surface area contributed by atoms with Crippen LogP contribution in [0.1, 0.15) is 29.0 Å². The second-order valence-corrected chi connectivity index (χ2v) is 8.54. The van der Waals surface area contributed by atoms with Gasteiger partial charge < -0.3 is 9.42 Å². The Balaban J connectivity index is 1.63. The van der Waals surface area contributed by atoms with Crippen LogP contribution >= 0.6 is 11.6 Å². The number of aryl methyl sites for hydroxylation is 1. The van der Waals surface area contributed by atoms with Gasteiger partial charge in [-0.3, -0.25) is 4.90 Å². The van der Waals surface area contributed by atoms with Crippen LogP contribution in [0.15, 0.2) is 53.1 Å². The van der Waals surface area contributed by atoms with E-state index in [-0.39, 0.29) is 23.2 Å². The van der Waals surface area contributed by atoms with Crippen LogP contribution in [0.3, 0.4) is 0 Å². The summed E-state index contributed by atoms with van der Waals surface area (Å²) in [7, 11) is 0. The zero-order valence-corrected chi connectivity index (χ0v) is 18.7. The number of halogens is 4. The molecule has 2 heterocycles. The van der Waals surface area contributed by atoms with Crippen molar-refractivity contribution in [3.05, 3.63) is 87.6 Å². The average molecular weight is 475 g/mol. The summed E-state index contributed by atoms with van der Waals surface area (Å²) in [4.78, 5) is 7.55. The molecule has 9 heteroatoms. The van der Waals surface area contributed by atoms with Crippen molar-refractivity contribution in [1.82, 2.24) is 10.1 Å². The molecule has 1 aliphatic rings. The zero-order chi connectivity index (χ0) is 23.6. The molecule has 1 fully saturated rings. The SMILES string of the molecule is [C-]#[N+]c1ccc(N(Cc2ccccc2C(F)(F)F)[C@H]2CCN(Cc3cc(C)on3)C2)cc1Cl. The number of nitrogens with zero attached hydrogens (tertiary/aromatic N) is 4. The van der Waals surface area contributed by atoms with Gasteiger partial charge in [-0.25, -0.2) is 4.85 Å². The van der Waals surface area contributed by atoms with Crippen LogP contribution < -0.4 is 4.90 Å². The predicted octanol–water partition coefficient (Wildman–Crippen LogP) is 6.49. The molecule has 4 rings (SSSR count). The van der Waals surface area contributed by atoms with Crippen LogP contribution in [0.25, 0.3) is 4.85 Å². The Labute approximate surface area is 195 Å². The fraction of sp³-hybridized carbons (Fsp3) is 0.333. The summed E-state index contributed by atoms with van der Waals surface area (Å²) in [6.07, 6.45) is -3.67. The summed E-state index contributed by atoms with van der Waals surface area (Å²) in [6.45, 7) is 11.2. The summed E-state index contributed by atoms with van der Waals surface area (Å²) in [5, 5.41) is 4.33. The molecule has 0 unspecified atom stereocenters. The first-order valence-corrected chi connectivity index (χ1v) is 10.9. The largest absolute Gasteiger partial charge is 0.416 e. The summed E-state index contributed by atoms with van der Waals surface area (Å²) in [5.74, 6) is 0.737. The average Bonchev–Trinajstić information content (AvgIpc) is 3.40. The Morgan fingerprint density at radius 3 is 2.70 bits per heavy atom. The minimum atomic E-state index is -4.44. The number of hydrogen-bond acceptors (Lipinski definition) is 4. The van der Waals surface area contributed by atoms with Gasteiger partial charge in [0.25, 0.3) is 0 Å². The van der Waals surface area contributed by atoms with Gasteiger partial charge in [-0.05, 0) is 37.1 Å². The molecule has 0 aliphatic carbocycles. The lowest BCUT2D eigenvalue weighted by Crippen LogP contribution is -2.37. The standard InChI is InChI=1S/C24H22ClF3N4O/c1-16-11-18(30-33-16)14-31-10-9-20(15-31)32(19-7-8-23(29-2)22(25)12-19)13-17-5-3-4-6-21(17)24(26,27)28/h3-8,11-12,20H,9-10,13-15H2,1H3/t20-/m0/s1. The van der Waals surface area contributed by atoms with Crippen LogP contribution in [-0.2, 0) is 19.3 Å². The molecule has 5 nitrogen and oxygen atoms in total. The molecule has 0 spiro atoms. The highest BCUT2D eigenvalue weighted by Crippen LogP contribution is 2.36. The number of alkyl halides is 3. The fourth-order valence-electron chi connectivity index (χ4n) is 4.25. The predicted molar refractivity (Wildman–Crippen MR) is 120 cm³/mol. The number of aromatic nitrogens is 1. The quantitative estimate of drug-likeness (QED) is 0.383. The number of benzene rings is 2. The molecule has 2 aromatic carbocycles. The van der Waals surface area contributed by atoms with Gasteiger partial charge in [0, 0.05) is 49.0 Å². The number of hydrogen-bond donors (Lipinski definition) is 0. The van der Waals surface area contributed by atoms with Crippen molar-refractivity contribution in [1.29, 1.82) is 0 Å².